The maximum absolute atomic E-state index is 12.9. The van der Waals surface area contributed by atoms with Crippen molar-refractivity contribution in [2.75, 3.05) is 18.8 Å². The first-order valence-electron chi connectivity index (χ1n) is 8.65. The first kappa shape index (κ1) is 18.9. The first-order chi connectivity index (χ1) is 12.5. The monoisotopic (exact) mass is 388 g/mol. The van der Waals surface area contributed by atoms with Crippen molar-refractivity contribution in [3.8, 4) is 0 Å². The Labute approximate surface area is 162 Å². The number of hydrogen-bond acceptors (Lipinski definition) is 4. The molecule has 4 nitrogen and oxygen atoms in total. The van der Waals surface area contributed by atoms with Crippen LogP contribution in [0.2, 0.25) is 5.02 Å². The summed E-state index contributed by atoms with van der Waals surface area (Å²) in [5.41, 5.74) is 1.60. The molecule has 0 N–H and O–H groups in total. The van der Waals surface area contributed by atoms with Gasteiger partial charge in [0.05, 0.1) is 5.75 Å². The van der Waals surface area contributed by atoms with E-state index in [2.05, 4.69) is 4.98 Å². The van der Waals surface area contributed by atoms with E-state index < -0.39 is 0 Å². The summed E-state index contributed by atoms with van der Waals surface area (Å²) in [6, 6.07) is 9.14. The Kier molecular flexibility index (Phi) is 6.33. The molecule has 1 aromatic heterocycles. The van der Waals surface area contributed by atoms with Crippen molar-refractivity contribution >= 4 is 35.1 Å². The molecule has 1 saturated heterocycles. The SMILES string of the molecule is Cc1cc(Cl)ccc1C(=O)[C@@H]1CCCN(C(=O)CSc2ccncc2)C1. The number of hydrogen-bond donors (Lipinski definition) is 0. The second-order valence-corrected chi connectivity index (χ2v) is 7.96. The van der Waals surface area contributed by atoms with Crippen molar-refractivity contribution in [2.45, 2.75) is 24.7 Å². The van der Waals surface area contributed by atoms with Gasteiger partial charge in [-0.3, -0.25) is 14.6 Å². The van der Waals surface area contributed by atoms with Crippen molar-refractivity contribution in [1.82, 2.24) is 9.88 Å². The zero-order valence-corrected chi connectivity index (χ0v) is 16.2. The topological polar surface area (TPSA) is 50.3 Å². The lowest BCUT2D eigenvalue weighted by Crippen LogP contribution is -2.43. The molecular weight excluding hydrogens is 368 g/mol. The molecule has 1 aliphatic heterocycles. The summed E-state index contributed by atoms with van der Waals surface area (Å²) >= 11 is 7.49. The number of amides is 1. The minimum Gasteiger partial charge on any atom is -0.341 e. The number of Topliss-reactive ketones (excluding diaryl/α,β-unsaturated/α-hetero) is 1. The number of ketones is 1. The molecule has 0 radical (unpaired) electrons. The number of nitrogens with zero attached hydrogens (tertiary/aromatic N) is 2. The van der Waals surface area contributed by atoms with E-state index in [1.54, 1.807) is 24.5 Å². The Morgan fingerprint density at radius 1 is 1.27 bits per heavy atom. The maximum Gasteiger partial charge on any atom is 0.232 e. The molecule has 2 aromatic rings. The number of rotatable bonds is 5. The van der Waals surface area contributed by atoms with Crippen LogP contribution in [-0.4, -0.2) is 40.4 Å². The van der Waals surface area contributed by atoms with Gasteiger partial charge in [0.2, 0.25) is 5.91 Å². The third-order valence-corrected chi connectivity index (χ3v) is 5.84. The highest BCUT2D eigenvalue weighted by Crippen LogP contribution is 2.25. The molecule has 1 atom stereocenters. The lowest BCUT2D eigenvalue weighted by Gasteiger charge is -2.32. The van der Waals surface area contributed by atoms with Gasteiger partial charge in [0.25, 0.3) is 0 Å². The lowest BCUT2D eigenvalue weighted by atomic mass is 9.88. The highest BCUT2D eigenvalue weighted by Gasteiger charge is 2.29. The summed E-state index contributed by atoms with van der Waals surface area (Å²) in [5, 5.41) is 0.632. The van der Waals surface area contributed by atoms with E-state index in [4.69, 9.17) is 11.6 Å². The minimum atomic E-state index is -0.140. The van der Waals surface area contributed by atoms with Gasteiger partial charge in [-0.2, -0.15) is 0 Å². The summed E-state index contributed by atoms with van der Waals surface area (Å²) in [6.07, 6.45) is 5.12. The van der Waals surface area contributed by atoms with E-state index in [9.17, 15) is 9.59 Å². The number of aromatic nitrogens is 1. The molecule has 0 saturated carbocycles. The second kappa shape index (κ2) is 8.69. The van der Waals surface area contributed by atoms with Crippen LogP contribution in [0.5, 0.6) is 0 Å². The predicted molar refractivity (Wildman–Crippen MR) is 105 cm³/mol. The van der Waals surface area contributed by atoms with Gasteiger partial charge in [0.1, 0.15) is 0 Å². The molecule has 1 fully saturated rings. The fourth-order valence-electron chi connectivity index (χ4n) is 3.21. The average Bonchev–Trinajstić information content (AvgIpc) is 2.66. The Bertz CT molecular complexity index is 798. The summed E-state index contributed by atoms with van der Waals surface area (Å²) < 4.78 is 0. The summed E-state index contributed by atoms with van der Waals surface area (Å²) in [5.74, 6) is 0.430. The number of benzene rings is 1. The van der Waals surface area contributed by atoms with Crippen molar-refractivity contribution in [3.05, 3.63) is 58.9 Å². The van der Waals surface area contributed by atoms with Gasteiger partial charge in [0.15, 0.2) is 5.78 Å². The second-order valence-electron chi connectivity index (χ2n) is 6.47. The Morgan fingerprint density at radius 3 is 2.77 bits per heavy atom. The van der Waals surface area contributed by atoms with Crippen molar-refractivity contribution < 1.29 is 9.59 Å². The molecule has 1 aliphatic rings. The van der Waals surface area contributed by atoms with E-state index in [0.29, 0.717) is 22.9 Å². The van der Waals surface area contributed by atoms with E-state index in [-0.39, 0.29) is 17.6 Å². The van der Waals surface area contributed by atoms with Gasteiger partial charge in [0, 0.05) is 46.9 Å². The number of halogens is 1. The third kappa shape index (κ3) is 4.65. The number of likely N-dealkylation sites (tertiary alicyclic amines) is 1. The van der Waals surface area contributed by atoms with Crippen LogP contribution in [0.25, 0.3) is 0 Å². The quantitative estimate of drug-likeness (QED) is 0.567. The highest BCUT2D eigenvalue weighted by atomic mass is 35.5. The molecule has 0 spiro atoms. The number of carbonyl (C=O) groups excluding carboxylic acids is 2. The average molecular weight is 389 g/mol. The molecule has 1 aromatic carbocycles. The van der Waals surface area contributed by atoms with Gasteiger partial charge in [-0.15, -0.1) is 11.8 Å². The normalized spacial score (nSPS) is 17.2. The third-order valence-electron chi connectivity index (χ3n) is 4.61. The number of thioether (sulfide) groups is 1. The standard InChI is InChI=1S/C20H21ClN2O2S/c1-14-11-16(21)4-5-18(14)20(25)15-3-2-10-23(12-15)19(24)13-26-17-6-8-22-9-7-17/h4-9,11,15H,2-3,10,12-13H2,1H3/t15-/m1/s1. The maximum atomic E-state index is 12.9. The lowest BCUT2D eigenvalue weighted by molar-refractivity contribution is -0.129. The molecule has 136 valence electrons. The number of pyridine rings is 1. The molecule has 26 heavy (non-hydrogen) atoms. The van der Waals surface area contributed by atoms with Crippen molar-refractivity contribution in [2.24, 2.45) is 5.92 Å². The largest absolute Gasteiger partial charge is 0.341 e. The summed E-state index contributed by atoms with van der Waals surface area (Å²) in [4.78, 5) is 32.3. The van der Waals surface area contributed by atoms with Gasteiger partial charge in [-0.25, -0.2) is 0 Å². The molecule has 1 amide bonds. The first-order valence-corrected chi connectivity index (χ1v) is 10.0. The molecule has 3 rings (SSSR count). The minimum absolute atomic E-state index is 0.0807. The van der Waals surface area contributed by atoms with Gasteiger partial charge in [-0.1, -0.05) is 11.6 Å². The number of carbonyl (C=O) groups is 2. The van der Waals surface area contributed by atoms with E-state index in [0.717, 1.165) is 29.8 Å². The van der Waals surface area contributed by atoms with Crippen LogP contribution in [0, 0.1) is 12.8 Å². The van der Waals surface area contributed by atoms with Crippen LogP contribution in [0.4, 0.5) is 0 Å². The van der Waals surface area contributed by atoms with Crippen LogP contribution >= 0.6 is 23.4 Å². The molecular formula is C20H21ClN2O2S. The molecule has 0 unspecified atom stereocenters. The van der Waals surface area contributed by atoms with Crippen LogP contribution in [-0.2, 0) is 4.79 Å². The zero-order chi connectivity index (χ0) is 18.5. The summed E-state index contributed by atoms with van der Waals surface area (Å²) in [7, 11) is 0. The Hall–Kier alpha value is -1.85. The van der Waals surface area contributed by atoms with Crippen molar-refractivity contribution in [3.63, 3.8) is 0 Å². The fourth-order valence-corrected chi connectivity index (χ4v) is 4.23. The molecule has 0 bridgehead atoms. The van der Waals surface area contributed by atoms with E-state index in [1.807, 2.05) is 30.0 Å². The molecule has 0 aliphatic carbocycles. The van der Waals surface area contributed by atoms with Gasteiger partial charge in [-0.05, 0) is 55.7 Å². The van der Waals surface area contributed by atoms with E-state index >= 15 is 0 Å². The van der Waals surface area contributed by atoms with Crippen LogP contribution < -0.4 is 0 Å². The van der Waals surface area contributed by atoms with Crippen molar-refractivity contribution in [1.29, 1.82) is 0 Å². The molecule has 6 heteroatoms. The van der Waals surface area contributed by atoms with Gasteiger partial charge < -0.3 is 4.90 Å². The zero-order valence-electron chi connectivity index (χ0n) is 14.7. The summed E-state index contributed by atoms with van der Waals surface area (Å²) in [6.45, 7) is 3.12. The fraction of sp³-hybridized carbons (Fsp3) is 0.350. The smallest absolute Gasteiger partial charge is 0.232 e. The van der Waals surface area contributed by atoms with Gasteiger partial charge >= 0.3 is 0 Å². The highest BCUT2D eigenvalue weighted by molar-refractivity contribution is 8.00. The van der Waals surface area contributed by atoms with Crippen LogP contribution in [0.1, 0.15) is 28.8 Å². The number of aryl methyl sites for hydroxylation is 1. The Balaban J connectivity index is 1.61. The van der Waals surface area contributed by atoms with Crippen LogP contribution in [0.3, 0.4) is 0 Å². The van der Waals surface area contributed by atoms with Crippen LogP contribution in [0.15, 0.2) is 47.6 Å². The Morgan fingerprint density at radius 2 is 2.04 bits per heavy atom. The predicted octanol–water partition coefficient (Wildman–Crippen LogP) is 4.26. The van der Waals surface area contributed by atoms with E-state index in [1.165, 1.54) is 11.8 Å². The number of piperidine rings is 1. The molecule has 2 heterocycles.